The van der Waals surface area contributed by atoms with Crippen LogP contribution in [0.25, 0.3) is 10.9 Å². The highest BCUT2D eigenvalue weighted by Gasteiger charge is 2.38. The van der Waals surface area contributed by atoms with Gasteiger partial charge in [0.1, 0.15) is 17.4 Å². The van der Waals surface area contributed by atoms with Gasteiger partial charge in [-0.2, -0.15) is 10.2 Å². The number of benzene rings is 1. The summed E-state index contributed by atoms with van der Waals surface area (Å²) in [6.45, 7) is 2.76. The van der Waals surface area contributed by atoms with Gasteiger partial charge in [-0.15, -0.1) is 0 Å². The summed E-state index contributed by atoms with van der Waals surface area (Å²) in [6, 6.07) is 9.73. The molecule has 1 amide bonds. The molecule has 1 aliphatic heterocycles. The third-order valence-corrected chi connectivity index (χ3v) is 9.12. The van der Waals surface area contributed by atoms with E-state index in [1.54, 1.807) is 0 Å². The highest BCUT2D eigenvalue weighted by Crippen LogP contribution is 2.32. The fourth-order valence-electron chi connectivity index (χ4n) is 6.74. The standard InChI is InChI=1S/C30H42N6O2/c1-35-17-13-23(14-18-35)20-36-26-12-6-5-11-24(26)27(33-29(36)38)32-25(19-22-9-3-2-4-10-22)28(37)34-30(21-31)15-7-8-16-30/h5-6,11-12,22-23,25H,2-4,7-10,13-20H2,1H3,(H,34,37)(H,32,33,38). The van der Waals surface area contributed by atoms with Gasteiger partial charge in [-0.05, 0) is 89.1 Å². The number of hydrogen-bond donors (Lipinski definition) is 2. The van der Waals surface area contributed by atoms with E-state index in [2.05, 4.69) is 33.6 Å². The van der Waals surface area contributed by atoms with Gasteiger partial charge in [0.15, 0.2) is 0 Å². The molecule has 204 valence electrons. The number of nitrogens with one attached hydrogen (secondary N) is 2. The second-order valence-corrected chi connectivity index (χ2v) is 11.9. The smallest absolute Gasteiger partial charge is 0.350 e. The third kappa shape index (κ3) is 6.04. The zero-order valence-corrected chi connectivity index (χ0v) is 22.8. The number of hydrogen-bond acceptors (Lipinski definition) is 6. The Balaban J connectivity index is 1.42. The van der Waals surface area contributed by atoms with Crippen molar-refractivity contribution >= 4 is 22.6 Å². The number of para-hydroxylation sites is 1. The number of nitriles is 1. The minimum atomic E-state index is -0.781. The van der Waals surface area contributed by atoms with Gasteiger partial charge in [-0.25, -0.2) is 4.79 Å². The van der Waals surface area contributed by atoms with E-state index in [1.807, 2.05) is 28.8 Å². The SMILES string of the molecule is CN1CCC(Cn2c(=O)nc(NC(CC3CCCCC3)C(=O)NC3(C#N)CCCC3)c3ccccc32)CC1. The first-order valence-electron chi connectivity index (χ1n) is 14.6. The molecule has 3 fully saturated rings. The Kier molecular flexibility index (Phi) is 8.32. The van der Waals surface area contributed by atoms with E-state index >= 15 is 0 Å². The quantitative estimate of drug-likeness (QED) is 0.536. The van der Waals surface area contributed by atoms with Crippen LogP contribution in [-0.2, 0) is 11.3 Å². The molecule has 5 rings (SSSR count). The van der Waals surface area contributed by atoms with Crippen molar-refractivity contribution in [2.75, 3.05) is 25.5 Å². The highest BCUT2D eigenvalue weighted by molar-refractivity contribution is 5.92. The molecule has 1 saturated heterocycles. The molecule has 1 unspecified atom stereocenters. The number of anilines is 1. The maximum Gasteiger partial charge on any atom is 0.350 e. The molecule has 1 atom stereocenters. The van der Waals surface area contributed by atoms with Crippen LogP contribution < -0.4 is 16.3 Å². The van der Waals surface area contributed by atoms with E-state index in [0.29, 0.717) is 43.5 Å². The second-order valence-electron chi connectivity index (χ2n) is 11.9. The van der Waals surface area contributed by atoms with Gasteiger partial charge < -0.3 is 15.5 Å². The van der Waals surface area contributed by atoms with Gasteiger partial charge in [0.25, 0.3) is 0 Å². The summed E-state index contributed by atoms with van der Waals surface area (Å²) in [5.41, 5.74) is -0.197. The number of carbonyl (C=O) groups excluding carboxylic acids is 1. The third-order valence-electron chi connectivity index (χ3n) is 9.12. The van der Waals surface area contributed by atoms with Crippen LogP contribution in [0.2, 0.25) is 0 Å². The molecule has 38 heavy (non-hydrogen) atoms. The fraction of sp³-hybridized carbons (Fsp3) is 0.667. The summed E-state index contributed by atoms with van der Waals surface area (Å²) < 4.78 is 1.82. The maximum absolute atomic E-state index is 13.7. The molecule has 1 aromatic carbocycles. The van der Waals surface area contributed by atoms with E-state index in [0.717, 1.165) is 62.5 Å². The highest BCUT2D eigenvalue weighted by atomic mass is 16.2. The summed E-state index contributed by atoms with van der Waals surface area (Å²) in [4.78, 5) is 33.9. The molecular formula is C30H42N6O2. The molecule has 1 aromatic heterocycles. The van der Waals surface area contributed by atoms with E-state index in [4.69, 9.17) is 0 Å². The number of piperidine rings is 1. The fourth-order valence-corrected chi connectivity index (χ4v) is 6.74. The van der Waals surface area contributed by atoms with Crippen molar-refractivity contribution in [3.8, 4) is 6.07 Å². The molecule has 8 heteroatoms. The first kappa shape index (κ1) is 26.7. The zero-order valence-electron chi connectivity index (χ0n) is 22.8. The van der Waals surface area contributed by atoms with Crippen LogP contribution in [0.1, 0.15) is 77.0 Å². The van der Waals surface area contributed by atoms with Crippen LogP contribution in [0.15, 0.2) is 29.1 Å². The molecule has 3 aliphatic rings. The molecule has 2 heterocycles. The lowest BCUT2D eigenvalue weighted by molar-refractivity contribution is -0.123. The molecule has 0 bridgehead atoms. The second kappa shape index (κ2) is 11.9. The molecule has 2 aromatic rings. The van der Waals surface area contributed by atoms with Crippen molar-refractivity contribution in [1.82, 2.24) is 19.8 Å². The first-order chi connectivity index (χ1) is 18.5. The molecule has 2 saturated carbocycles. The van der Waals surface area contributed by atoms with Crippen molar-refractivity contribution in [2.24, 2.45) is 11.8 Å². The lowest BCUT2D eigenvalue weighted by Gasteiger charge is -2.31. The average molecular weight is 519 g/mol. The molecule has 2 aliphatic carbocycles. The summed E-state index contributed by atoms with van der Waals surface area (Å²) in [6.07, 6.45) is 12.0. The van der Waals surface area contributed by atoms with Crippen molar-refractivity contribution in [3.05, 3.63) is 34.7 Å². The predicted molar refractivity (Wildman–Crippen MR) is 150 cm³/mol. The monoisotopic (exact) mass is 518 g/mol. The molecule has 0 radical (unpaired) electrons. The minimum absolute atomic E-state index is 0.152. The van der Waals surface area contributed by atoms with Crippen molar-refractivity contribution < 1.29 is 4.79 Å². The van der Waals surface area contributed by atoms with Gasteiger partial charge in [0, 0.05) is 11.9 Å². The average Bonchev–Trinajstić information content (AvgIpc) is 3.41. The van der Waals surface area contributed by atoms with E-state index in [9.17, 15) is 14.9 Å². The zero-order chi connectivity index (χ0) is 26.5. The Labute approximate surface area is 225 Å². The molecule has 2 N–H and O–H groups in total. The van der Waals surface area contributed by atoms with Gasteiger partial charge in [0.2, 0.25) is 5.91 Å². The largest absolute Gasteiger partial charge is 0.358 e. The number of likely N-dealkylation sites (tertiary alicyclic amines) is 1. The van der Waals surface area contributed by atoms with Gasteiger partial charge in [0.05, 0.1) is 11.6 Å². The van der Waals surface area contributed by atoms with Crippen molar-refractivity contribution in [2.45, 2.75) is 95.2 Å². The number of nitrogens with zero attached hydrogens (tertiary/aromatic N) is 4. The number of amides is 1. The first-order valence-corrected chi connectivity index (χ1v) is 14.6. The Bertz CT molecular complexity index is 1210. The summed E-state index contributed by atoms with van der Waals surface area (Å²) in [5, 5.41) is 17.2. The summed E-state index contributed by atoms with van der Waals surface area (Å²) in [7, 11) is 2.14. The molecular weight excluding hydrogens is 476 g/mol. The minimum Gasteiger partial charge on any atom is -0.358 e. The lowest BCUT2D eigenvalue weighted by Crippen LogP contribution is -2.51. The lowest BCUT2D eigenvalue weighted by atomic mass is 9.84. The Morgan fingerprint density at radius 3 is 2.50 bits per heavy atom. The summed E-state index contributed by atoms with van der Waals surface area (Å²) >= 11 is 0. The summed E-state index contributed by atoms with van der Waals surface area (Å²) in [5.74, 6) is 1.22. The van der Waals surface area contributed by atoms with Crippen LogP contribution in [0.3, 0.4) is 0 Å². The topological polar surface area (TPSA) is 103 Å². The normalized spacial score (nSPS) is 21.7. The van der Waals surface area contributed by atoms with Crippen LogP contribution in [0.4, 0.5) is 5.82 Å². The Morgan fingerprint density at radius 1 is 1.08 bits per heavy atom. The number of aromatic nitrogens is 2. The number of rotatable bonds is 8. The van der Waals surface area contributed by atoms with Crippen molar-refractivity contribution in [3.63, 3.8) is 0 Å². The maximum atomic E-state index is 13.7. The Hall–Kier alpha value is -2.92. The van der Waals surface area contributed by atoms with Crippen molar-refractivity contribution in [1.29, 1.82) is 5.26 Å². The van der Waals surface area contributed by atoms with Gasteiger partial charge in [-0.1, -0.05) is 44.2 Å². The van der Waals surface area contributed by atoms with Crippen LogP contribution >= 0.6 is 0 Å². The number of fused-ring (bicyclic) bond motifs is 1. The Morgan fingerprint density at radius 2 is 1.79 bits per heavy atom. The predicted octanol–water partition coefficient (Wildman–Crippen LogP) is 4.44. The van der Waals surface area contributed by atoms with Crippen LogP contribution in [0, 0.1) is 23.2 Å². The van der Waals surface area contributed by atoms with Crippen LogP contribution in [-0.4, -0.2) is 52.1 Å². The van der Waals surface area contributed by atoms with E-state index in [-0.39, 0.29) is 11.6 Å². The van der Waals surface area contributed by atoms with Gasteiger partial charge in [-0.3, -0.25) is 9.36 Å². The van der Waals surface area contributed by atoms with Gasteiger partial charge >= 0.3 is 5.69 Å². The van der Waals surface area contributed by atoms with E-state index in [1.165, 1.54) is 19.3 Å². The van der Waals surface area contributed by atoms with Crippen LogP contribution in [0.5, 0.6) is 0 Å². The molecule has 0 spiro atoms. The number of carbonyl (C=O) groups is 1. The van der Waals surface area contributed by atoms with E-state index < -0.39 is 11.6 Å². The molecule has 8 nitrogen and oxygen atoms in total.